The third kappa shape index (κ3) is 4.46. The van der Waals surface area contributed by atoms with E-state index in [1.807, 2.05) is 0 Å². The van der Waals surface area contributed by atoms with Gasteiger partial charge in [0.2, 0.25) is 0 Å². The normalized spacial score (nSPS) is 14.1. The van der Waals surface area contributed by atoms with E-state index in [0.29, 0.717) is 0 Å². The number of benzene rings is 2. The van der Waals surface area contributed by atoms with Crippen molar-refractivity contribution >= 4 is 31.6 Å². The summed E-state index contributed by atoms with van der Waals surface area (Å²) in [7, 11) is -9.84. The van der Waals surface area contributed by atoms with Gasteiger partial charge in [0.1, 0.15) is 9.79 Å². The molecule has 0 saturated heterocycles. The molecular weight excluding hydrogens is 444 g/mol. The van der Waals surface area contributed by atoms with Crippen molar-refractivity contribution in [1.29, 1.82) is 0 Å². The van der Waals surface area contributed by atoms with E-state index in [1.165, 1.54) is 13.8 Å². The Morgan fingerprint density at radius 3 is 1.27 bits per heavy atom. The van der Waals surface area contributed by atoms with Crippen LogP contribution in [0.3, 0.4) is 0 Å². The summed E-state index contributed by atoms with van der Waals surface area (Å²) in [6.45, 7) is 2.57. The minimum atomic E-state index is -4.92. The quantitative estimate of drug-likeness (QED) is 0.352. The summed E-state index contributed by atoms with van der Waals surface area (Å²) >= 11 is 0. The van der Waals surface area contributed by atoms with Gasteiger partial charge in [0.05, 0.1) is 21.0 Å². The first-order valence-electron chi connectivity index (χ1n) is 8.17. The number of nitrogens with zero attached hydrogens (tertiary/aromatic N) is 2. The molecule has 0 aliphatic heterocycles. The summed E-state index contributed by atoms with van der Waals surface area (Å²) < 4.78 is 66.1. The van der Waals surface area contributed by atoms with Gasteiger partial charge in [-0.05, 0) is 24.0 Å². The molecule has 2 N–H and O–H groups in total. The number of hydrogen-bond acceptors (Lipinski definition) is 8. The van der Waals surface area contributed by atoms with Crippen LogP contribution in [-0.4, -0.2) is 35.8 Å². The molecule has 2 aromatic rings. The topological polar surface area (TPSA) is 195 Å². The van der Waals surface area contributed by atoms with Gasteiger partial charge < -0.3 is 0 Å². The van der Waals surface area contributed by atoms with Crippen molar-refractivity contribution in [2.24, 2.45) is 0 Å². The first-order chi connectivity index (χ1) is 13.7. The zero-order valence-corrected chi connectivity index (χ0v) is 17.1. The van der Waals surface area contributed by atoms with Gasteiger partial charge >= 0.3 is 0 Å². The summed E-state index contributed by atoms with van der Waals surface area (Å²) in [5.74, 6) is -2.41. The van der Waals surface area contributed by atoms with Crippen molar-refractivity contribution in [2.75, 3.05) is 0 Å². The fraction of sp³-hybridized carbons (Fsp3) is 0.250. The lowest BCUT2D eigenvalue weighted by atomic mass is 9.82. The second kappa shape index (κ2) is 8.06. The SMILES string of the molecule is CC(c1c([N+](=O)[O-])cccc1S(=O)(=O)O)C(C)c1c([N+](=O)[O-])cccc1S(=O)(=O)O. The minimum absolute atomic E-state index is 0.461. The van der Waals surface area contributed by atoms with Crippen LogP contribution in [0.1, 0.15) is 36.8 Å². The molecule has 0 amide bonds. The van der Waals surface area contributed by atoms with Gasteiger partial charge in [-0.2, -0.15) is 16.8 Å². The van der Waals surface area contributed by atoms with Gasteiger partial charge in [0.15, 0.2) is 0 Å². The molecule has 2 aromatic carbocycles. The van der Waals surface area contributed by atoms with E-state index in [0.717, 1.165) is 36.4 Å². The average Bonchev–Trinajstić information content (AvgIpc) is 2.64. The summed E-state index contributed by atoms with van der Waals surface area (Å²) in [4.78, 5) is 19.5. The highest BCUT2D eigenvalue weighted by Crippen LogP contribution is 2.44. The van der Waals surface area contributed by atoms with Crippen LogP contribution in [0.2, 0.25) is 0 Å². The fourth-order valence-corrected chi connectivity index (χ4v) is 4.89. The van der Waals surface area contributed by atoms with E-state index in [-0.39, 0.29) is 0 Å². The largest absolute Gasteiger partial charge is 0.295 e. The minimum Gasteiger partial charge on any atom is -0.282 e. The van der Waals surface area contributed by atoms with Crippen LogP contribution in [0.15, 0.2) is 46.2 Å². The molecule has 14 heteroatoms. The predicted octanol–water partition coefficient (Wildman–Crippen LogP) is 2.90. The van der Waals surface area contributed by atoms with Crippen LogP contribution in [-0.2, 0) is 20.2 Å². The van der Waals surface area contributed by atoms with Crippen molar-refractivity contribution in [3.63, 3.8) is 0 Å². The Morgan fingerprint density at radius 1 is 0.733 bits per heavy atom. The van der Waals surface area contributed by atoms with Crippen LogP contribution in [0.25, 0.3) is 0 Å². The van der Waals surface area contributed by atoms with Crippen molar-refractivity contribution in [1.82, 2.24) is 0 Å². The van der Waals surface area contributed by atoms with Crippen LogP contribution >= 0.6 is 0 Å². The molecule has 0 heterocycles. The summed E-state index contributed by atoms with van der Waals surface area (Å²) in [5.41, 5.74) is -2.29. The van der Waals surface area contributed by atoms with Gasteiger partial charge in [-0.3, -0.25) is 29.3 Å². The highest BCUT2D eigenvalue weighted by molar-refractivity contribution is 7.86. The Hall–Kier alpha value is -2.94. The highest BCUT2D eigenvalue weighted by atomic mass is 32.2. The van der Waals surface area contributed by atoms with Crippen molar-refractivity contribution in [2.45, 2.75) is 35.5 Å². The standard InChI is InChI=1S/C16H16N2O10S2/c1-9(15-11(17(19)20)5-3-7-13(15)29(23,24)25)10(2)16-12(18(21)22)6-4-8-14(16)30(26,27)28/h3-10H,1-2H3,(H,23,24,25)(H,26,27,28). The van der Waals surface area contributed by atoms with Crippen LogP contribution in [0.4, 0.5) is 11.4 Å². The van der Waals surface area contributed by atoms with Gasteiger partial charge in [-0.1, -0.05) is 26.0 Å². The van der Waals surface area contributed by atoms with Gasteiger partial charge in [0, 0.05) is 12.1 Å². The van der Waals surface area contributed by atoms with E-state index in [4.69, 9.17) is 0 Å². The van der Waals surface area contributed by atoms with Crippen LogP contribution < -0.4 is 0 Å². The molecule has 0 fully saturated rings. The Labute approximate surface area is 171 Å². The van der Waals surface area contributed by atoms with E-state index < -0.39 is 74.2 Å². The van der Waals surface area contributed by atoms with E-state index in [1.54, 1.807) is 0 Å². The fourth-order valence-electron chi connectivity index (χ4n) is 3.25. The van der Waals surface area contributed by atoms with Crippen LogP contribution in [0.5, 0.6) is 0 Å². The third-order valence-electron chi connectivity index (χ3n) is 4.70. The van der Waals surface area contributed by atoms with E-state index in [2.05, 4.69) is 0 Å². The highest BCUT2D eigenvalue weighted by Gasteiger charge is 2.36. The lowest BCUT2D eigenvalue weighted by Crippen LogP contribution is -2.16. The molecule has 0 saturated carbocycles. The molecule has 12 nitrogen and oxygen atoms in total. The molecule has 0 bridgehead atoms. The Bertz CT molecular complexity index is 1140. The Kier molecular flexibility index (Phi) is 6.27. The zero-order valence-electron chi connectivity index (χ0n) is 15.5. The third-order valence-corrected chi connectivity index (χ3v) is 6.52. The first-order valence-corrected chi connectivity index (χ1v) is 11.1. The zero-order chi connectivity index (χ0) is 23.0. The number of nitro groups is 2. The number of hydrogen-bond donors (Lipinski definition) is 2. The molecule has 0 spiro atoms. The molecule has 30 heavy (non-hydrogen) atoms. The molecule has 2 atom stereocenters. The Morgan fingerprint density at radius 2 is 1.03 bits per heavy atom. The second-order valence-electron chi connectivity index (χ2n) is 6.42. The molecule has 2 unspecified atom stereocenters. The smallest absolute Gasteiger partial charge is 0.282 e. The van der Waals surface area contributed by atoms with Gasteiger partial charge in [-0.25, -0.2) is 0 Å². The maximum absolute atomic E-state index is 11.8. The predicted molar refractivity (Wildman–Crippen MR) is 103 cm³/mol. The molecular formula is C16H16N2O10S2. The van der Waals surface area contributed by atoms with Gasteiger partial charge in [0.25, 0.3) is 31.6 Å². The van der Waals surface area contributed by atoms with Crippen molar-refractivity contribution in [3.8, 4) is 0 Å². The van der Waals surface area contributed by atoms with Crippen molar-refractivity contribution in [3.05, 3.63) is 67.8 Å². The monoisotopic (exact) mass is 460 g/mol. The molecule has 0 aromatic heterocycles. The maximum atomic E-state index is 11.8. The molecule has 0 radical (unpaired) electrons. The second-order valence-corrected chi connectivity index (χ2v) is 9.20. The lowest BCUT2D eigenvalue weighted by molar-refractivity contribution is -0.386. The van der Waals surface area contributed by atoms with E-state index >= 15 is 0 Å². The first kappa shape index (κ1) is 23.3. The number of rotatable bonds is 7. The van der Waals surface area contributed by atoms with Gasteiger partial charge in [-0.15, -0.1) is 0 Å². The molecule has 0 aliphatic carbocycles. The summed E-state index contributed by atoms with van der Waals surface area (Å²) in [6, 6.07) is 5.88. The summed E-state index contributed by atoms with van der Waals surface area (Å²) in [5, 5.41) is 22.9. The van der Waals surface area contributed by atoms with Crippen molar-refractivity contribution < 1.29 is 35.8 Å². The molecule has 2 rings (SSSR count). The average molecular weight is 460 g/mol. The Balaban J connectivity index is 2.87. The maximum Gasteiger partial charge on any atom is 0.295 e. The molecule has 0 aliphatic rings. The van der Waals surface area contributed by atoms with Crippen LogP contribution in [0, 0.1) is 20.2 Å². The summed E-state index contributed by atoms with van der Waals surface area (Å²) in [6.07, 6.45) is 0. The molecule has 162 valence electrons. The van der Waals surface area contributed by atoms with E-state index in [9.17, 15) is 46.2 Å². The number of nitro benzene ring substituents is 2. The lowest BCUT2D eigenvalue weighted by Gasteiger charge is -2.23.